The van der Waals surface area contributed by atoms with Crippen molar-refractivity contribution in [3.8, 4) is 0 Å². The summed E-state index contributed by atoms with van der Waals surface area (Å²) in [4.78, 5) is 39.1. The topological polar surface area (TPSA) is 115 Å². The van der Waals surface area contributed by atoms with E-state index in [-0.39, 0.29) is 49.1 Å². The highest BCUT2D eigenvalue weighted by molar-refractivity contribution is 5.82. The van der Waals surface area contributed by atoms with Crippen molar-refractivity contribution in [1.82, 2.24) is 16.0 Å². The number of ether oxygens (including phenoxy) is 3. The molecule has 0 aromatic carbocycles. The number of hydrogen-bond donors (Lipinski definition) is 3. The maximum Gasteiger partial charge on any atom is 0.315 e. The molecule has 4 atom stereocenters. The van der Waals surface area contributed by atoms with E-state index in [1.807, 2.05) is 13.8 Å². The highest BCUT2D eigenvalue weighted by Crippen LogP contribution is 2.35. The summed E-state index contributed by atoms with van der Waals surface area (Å²) in [7, 11) is 0. The lowest BCUT2D eigenvalue weighted by molar-refractivity contribution is -0.304. The van der Waals surface area contributed by atoms with Crippen LogP contribution in [0, 0.1) is 5.41 Å². The van der Waals surface area contributed by atoms with Gasteiger partial charge in [0, 0.05) is 18.0 Å². The number of carbonyl (C=O) groups is 3. The van der Waals surface area contributed by atoms with Crippen LogP contribution in [-0.2, 0) is 23.8 Å². The van der Waals surface area contributed by atoms with E-state index < -0.39 is 17.3 Å². The lowest BCUT2D eigenvalue weighted by Crippen LogP contribution is -2.56. The molecule has 0 spiro atoms. The monoisotopic (exact) mass is 666 g/mol. The molecule has 1 saturated heterocycles. The summed E-state index contributed by atoms with van der Waals surface area (Å²) in [6.07, 6.45) is 21.9. The molecule has 0 aromatic heterocycles. The van der Waals surface area contributed by atoms with Gasteiger partial charge in [-0.05, 0) is 46.0 Å². The summed E-state index contributed by atoms with van der Waals surface area (Å²) in [5, 5.41) is 9.35. The zero-order valence-corrected chi connectivity index (χ0v) is 31.0. The summed E-state index contributed by atoms with van der Waals surface area (Å²) in [5.41, 5.74) is -0.484. The Hall–Kier alpha value is -1.87. The number of hydrogen-bond acceptors (Lipinski definition) is 6. The molecule has 2 aliphatic rings. The summed E-state index contributed by atoms with van der Waals surface area (Å²) >= 11 is 0. The van der Waals surface area contributed by atoms with E-state index in [2.05, 4.69) is 29.8 Å². The Bertz CT molecular complexity index is 895. The number of esters is 1. The molecule has 9 heteroatoms. The Morgan fingerprint density at radius 3 is 1.98 bits per heavy atom. The van der Waals surface area contributed by atoms with Gasteiger partial charge < -0.3 is 30.2 Å². The SMILES string of the molecule is CCCCCCCCCCC(CCCCCCC)NC(=O)NC1CCCCCC1OC(=O)CCNC(=O)C1OC(C)(C)OCC1(C)C. The Balaban J connectivity index is 1.84. The molecule has 0 radical (unpaired) electrons. The van der Waals surface area contributed by atoms with E-state index >= 15 is 0 Å². The zero-order chi connectivity index (χ0) is 34.5. The second-order valence-electron chi connectivity index (χ2n) is 15.3. The molecule has 0 aromatic rings. The third-order valence-electron chi connectivity index (χ3n) is 9.72. The van der Waals surface area contributed by atoms with Crippen molar-refractivity contribution in [3.05, 3.63) is 0 Å². The molecule has 1 aliphatic heterocycles. The van der Waals surface area contributed by atoms with Gasteiger partial charge in [0.1, 0.15) is 12.2 Å². The number of unbranched alkanes of at least 4 members (excludes halogenated alkanes) is 11. The second-order valence-corrected chi connectivity index (χ2v) is 15.3. The lowest BCUT2D eigenvalue weighted by atomic mass is 9.85. The first-order chi connectivity index (χ1) is 22.5. The van der Waals surface area contributed by atoms with Crippen LogP contribution in [-0.4, -0.2) is 61.1 Å². The molecule has 3 N–H and O–H groups in total. The van der Waals surface area contributed by atoms with Crippen LogP contribution in [0.3, 0.4) is 0 Å². The Labute approximate surface area is 287 Å². The third kappa shape index (κ3) is 17.4. The van der Waals surface area contributed by atoms with Crippen LogP contribution in [0.1, 0.15) is 176 Å². The van der Waals surface area contributed by atoms with Gasteiger partial charge >= 0.3 is 12.0 Å². The molecule has 3 amide bonds. The van der Waals surface area contributed by atoms with E-state index in [9.17, 15) is 14.4 Å². The van der Waals surface area contributed by atoms with Gasteiger partial charge in [-0.1, -0.05) is 124 Å². The Kier molecular flexibility index (Phi) is 20.0. The van der Waals surface area contributed by atoms with Crippen LogP contribution in [0.4, 0.5) is 4.79 Å². The van der Waals surface area contributed by atoms with Crippen LogP contribution in [0.5, 0.6) is 0 Å². The maximum absolute atomic E-state index is 13.3. The summed E-state index contributed by atoms with van der Waals surface area (Å²) < 4.78 is 17.6. The van der Waals surface area contributed by atoms with Crippen molar-refractivity contribution in [2.24, 2.45) is 5.41 Å². The number of nitrogens with one attached hydrogen (secondary N) is 3. The largest absolute Gasteiger partial charge is 0.460 e. The smallest absolute Gasteiger partial charge is 0.315 e. The van der Waals surface area contributed by atoms with Gasteiger partial charge in [-0.25, -0.2) is 4.79 Å². The molecule has 274 valence electrons. The highest BCUT2D eigenvalue weighted by Gasteiger charge is 2.45. The molecule has 1 aliphatic carbocycles. The van der Waals surface area contributed by atoms with Gasteiger partial charge in [0.2, 0.25) is 5.91 Å². The summed E-state index contributed by atoms with van der Waals surface area (Å²) in [6, 6.07) is -0.198. The molecule has 2 fully saturated rings. The average molecular weight is 666 g/mol. The number of amides is 3. The molecule has 47 heavy (non-hydrogen) atoms. The van der Waals surface area contributed by atoms with E-state index in [4.69, 9.17) is 14.2 Å². The van der Waals surface area contributed by atoms with Crippen LogP contribution in [0.25, 0.3) is 0 Å². The quantitative estimate of drug-likeness (QED) is 0.0607. The van der Waals surface area contributed by atoms with E-state index in [0.29, 0.717) is 6.61 Å². The van der Waals surface area contributed by atoms with Crippen molar-refractivity contribution < 1.29 is 28.6 Å². The van der Waals surface area contributed by atoms with Crippen LogP contribution in [0.2, 0.25) is 0 Å². The zero-order valence-electron chi connectivity index (χ0n) is 31.0. The minimum Gasteiger partial charge on any atom is -0.460 e. The van der Waals surface area contributed by atoms with E-state index in [1.165, 1.54) is 70.6 Å². The lowest BCUT2D eigenvalue weighted by Gasteiger charge is -2.44. The number of rotatable bonds is 22. The van der Waals surface area contributed by atoms with Crippen molar-refractivity contribution in [2.75, 3.05) is 13.2 Å². The summed E-state index contributed by atoms with van der Waals surface area (Å²) in [5.74, 6) is -1.46. The molecule has 9 nitrogen and oxygen atoms in total. The van der Waals surface area contributed by atoms with Crippen molar-refractivity contribution >= 4 is 17.9 Å². The first-order valence-electron chi connectivity index (χ1n) is 19.3. The molecular weight excluding hydrogens is 594 g/mol. The van der Waals surface area contributed by atoms with Crippen LogP contribution in [0.15, 0.2) is 0 Å². The number of carbonyl (C=O) groups excluding carboxylic acids is 3. The molecule has 4 unspecified atom stereocenters. The molecule has 0 bridgehead atoms. The predicted molar refractivity (Wildman–Crippen MR) is 189 cm³/mol. The minimum absolute atomic E-state index is 0.0624. The van der Waals surface area contributed by atoms with Gasteiger partial charge in [0.05, 0.1) is 19.1 Å². The van der Waals surface area contributed by atoms with E-state index in [1.54, 1.807) is 13.8 Å². The van der Waals surface area contributed by atoms with Crippen LogP contribution < -0.4 is 16.0 Å². The molecule has 1 saturated carbocycles. The van der Waals surface area contributed by atoms with Gasteiger partial charge in [0.25, 0.3) is 0 Å². The predicted octanol–water partition coefficient (Wildman–Crippen LogP) is 8.47. The van der Waals surface area contributed by atoms with Crippen molar-refractivity contribution in [1.29, 1.82) is 0 Å². The fourth-order valence-electron chi connectivity index (χ4n) is 6.71. The number of urea groups is 1. The minimum atomic E-state index is -0.841. The average Bonchev–Trinajstić information content (AvgIpc) is 3.23. The fourth-order valence-corrected chi connectivity index (χ4v) is 6.71. The molecular formula is C38H71N3O6. The molecule has 2 rings (SSSR count). The molecule has 1 heterocycles. The van der Waals surface area contributed by atoms with Gasteiger partial charge in [-0.15, -0.1) is 0 Å². The Morgan fingerprint density at radius 1 is 0.787 bits per heavy atom. The summed E-state index contributed by atoms with van der Waals surface area (Å²) in [6.45, 7) is 12.5. The van der Waals surface area contributed by atoms with Gasteiger partial charge in [-0.3, -0.25) is 9.59 Å². The first-order valence-corrected chi connectivity index (χ1v) is 19.3. The standard InChI is InChI=1S/C38H71N3O6/c1-7-9-11-13-14-15-17-20-24-30(23-19-16-12-10-8-2)40-36(44)41-31-25-21-18-22-26-32(31)46-33(42)27-28-39-35(43)34-37(3,4)29-45-38(5,6)47-34/h30-32,34H,7-29H2,1-6H3,(H,39,43)(H2,40,41,44). The third-order valence-corrected chi connectivity index (χ3v) is 9.72. The first kappa shape index (κ1) is 41.3. The van der Waals surface area contributed by atoms with Crippen molar-refractivity contribution in [2.45, 2.75) is 206 Å². The second kappa shape index (κ2) is 22.7. The Morgan fingerprint density at radius 2 is 1.36 bits per heavy atom. The maximum atomic E-state index is 13.3. The fraction of sp³-hybridized carbons (Fsp3) is 0.921. The van der Waals surface area contributed by atoms with E-state index in [0.717, 1.165) is 57.8 Å². The van der Waals surface area contributed by atoms with Crippen LogP contribution >= 0.6 is 0 Å². The van der Waals surface area contributed by atoms with Gasteiger partial charge in [-0.2, -0.15) is 0 Å². The normalized spacial score (nSPS) is 22.9. The highest BCUT2D eigenvalue weighted by atomic mass is 16.7. The van der Waals surface area contributed by atoms with Crippen molar-refractivity contribution in [3.63, 3.8) is 0 Å². The van der Waals surface area contributed by atoms with Gasteiger partial charge in [0.15, 0.2) is 5.79 Å².